The second kappa shape index (κ2) is 6.09. The first-order valence-corrected chi connectivity index (χ1v) is 7.86. The lowest BCUT2D eigenvalue weighted by Gasteiger charge is -2.18. The number of nitrogens with one attached hydrogen (secondary N) is 1. The Kier molecular flexibility index (Phi) is 4.02. The van der Waals surface area contributed by atoms with Gasteiger partial charge in [-0.3, -0.25) is 4.79 Å². The third kappa shape index (κ3) is 3.20. The Morgan fingerprint density at radius 1 is 1.20 bits per heavy atom. The summed E-state index contributed by atoms with van der Waals surface area (Å²) in [6.07, 6.45) is 2.97. The summed E-state index contributed by atoms with van der Waals surface area (Å²) in [6, 6.07) is 12.1. The standard InChI is InChI=1S/C16H18N2OS/c19-16(12-15-7-4-10-20-15)17-13-5-3-6-14(11-13)18-8-1-2-9-18/h3-7,10-11H,1-2,8-9,12H2,(H,17,19). The first-order chi connectivity index (χ1) is 9.81. The van der Waals surface area contributed by atoms with Gasteiger partial charge >= 0.3 is 0 Å². The fourth-order valence-electron chi connectivity index (χ4n) is 2.53. The molecule has 1 saturated heterocycles. The zero-order valence-corrected chi connectivity index (χ0v) is 12.2. The molecule has 0 saturated carbocycles. The van der Waals surface area contributed by atoms with E-state index < -0.39 is 0 Å². The molecule has 1 fully saturated rings. The van der Waals surface area contributed by atoms with Crippen molar-refractivity contribution in [2.75, 3.05) is 23.3 Å². The van der Waals surface area contributed by atoms with Crippen molar-refractivity contribution in [3.63, 3.8) is 0 Å². The maximum absolute atomic E-state index is 12.0. The fraction of sp³-hybridized carbons (Fsp3) is 0.312. The molecule has 0 aliphatic carbocycles. The molecule has 0 spiro atoms. The molecule has 3 nitrogen and oxygen atoms in total. The van der Waals surface area contributed by atoms with Gasteiger partial charge in [-0.05, 0) is 42.5 Å². The van der Waals surface area contributed by atoms with Gasteiger partial charge in [0.1, 0.15) is 0 Å². The number of nitrogens with zero attached hydrogens (tertiary/aromatic N) is 1. The summed E-state index contributed by atoms with van der Waals surface area (Å²) in [6.45, 7) is 2.24. The Balaban J connectivity index is 1.64. The molecule has 0 bridgehead atoms. The first-order valence-electron chi connectivity index (χ1n) is 6.98. The number of hydrogen-bond donors (Lipinski definition) is 1. The van der Waals surface area contributed by atoms with Crippen molar-refractivity contribution in [1.29, 1.82) is 0 Å². The van der Waals surface area contributed by atoms with Gasteiger partial charge in [-0.25, -0.2) is 0 Å². The molecule has 2 aromatic rings. The molecule has 1 aromatic heterocycles. The first kappa shape index (κ1) is 13.2. The minimum atomic E-state index is 0.0472. The van der Waals surface area contributed by atoms with Gasteiger partial charge in [0, 0.05) is 29.3 Å². The van der Waals surface area contributed by atoms with Crippen molar-refractivity contribution in [1.82, 2.24) is 0 Å². The summed E-state index contributed by atoms with van der Waals surface area (Å²) in [5.41, 5.74) is 2.09. The maximum Gasteiger partial charge on any atom is 0.229 e. The van der Waals surface area contributed by atoms with Crippen molar-refractivity contribution in [2.24, 2.45) is 0 Å². The van der Waals surface area contributed by atoms with E-state index in [-0.39, 0.29) is 5.91 Å². The van der Waals surface area contributed by atoms with Gasteiger partial charge in [-0.1, -0.05) is 12.1 Å². The van der Waals surface area contributed by atoms with Crippen LogP contribution in [0.15, 0.2) is 41.8 Å². The average molecular weight is 286 g/mol. The molecular formula is C16H18N2OS. The van der Waals surface area contributed by atoms with Gasteiger partial charge in [0.05, 0.1) is 6.42 Å². The van der Waals surface area contributed by atoms with E-state index in [9.17, 15) is 4.79 Å². The second-order valence-electron chi connectivity index (χ2n) is 5.05. The second-order valence-corrected chi connectivity index (χ2v) is 6.08. The third-order valence-electron chi connectivity index (χ3n) is 3.52. The number of thiophene rings is 1. The maximum atomic E-state index is 12.0. The van der Waals surface area contributed by atoms with Gasteiger partial charge in [0.15, 0.2) is 0 Å². The number of carbonyl (C=O) groups excluding carboxylic acids is 1. The van der Waals surface area contributed by atoms with E-state index in [1.54, 1.807) is 11.3 Å². The molecule has 1 amide bonds. The van der Waals surface area contributed by atoms with Crippen LogP contribution in [0.25, 0.3) is 0 Å². The summed E-state index contributed by atoms with van der Waals surface area (Å²) in [7, 11) is 0. The summed E-state index contributed by atoms with van der Waals surface area (Å²) < 4.78 is 0. The Morgan fingerprint density at radius 3 is 2.80 bits per heavy atom. The van der Waals surface area contributed by atoms with E-state index >= 15 is 0 Å². The van der Waals surface area contributed by atoms with Gasteiger partial charge in [-0.2, -0.15) is 0 Å². The van der Waals surface area contributed by atoms with Crippen LogP contribution in [0.1, 0.15) is 17.7 Å². The topological polar surface area (TPSA) is 32.3 Å². The van der Waals surface area contributed by atoms with E-state index in [0.717, 1.165) is 23.7 Å². The van der Waals surface area contributed by atoms with Crippen LogP contribution in [0.3, 0.4) is 0 Å². The van der Waals surface area contributed by atoms with E-state index in [1.807, 2.05) is 29.6 Å². The van der Waals surface area contributed by atoms with Crippen molar-refractivity contribution in [2.45, 2.75) is 19.3 Å². The minimum absolute atomic E-state index is 0.0472. The predicted molar refractivity (Wildman–Crippen MR) is 84.5 cm³/mol. The average Bonchev–Trinajstić information content (AvgIpc) is 3.11. The Bertz CT molecular complexity index is 574. The lowest BCUT2D eigenvalue weighted by molar-refractivity contribution is -0.115. The number of hydrogen-bond acceptors (Lipinski definition) is 3. The summed E-state index contributed by atoms with van der Waals surface area (Å²) in [5, 5.41) is 4.98. The molecule has 0 unspecified atom stereocenters. The molecule has 3 rings (SSSR count). The monoisotopic (exact) mass is 286 g/mol. The summed E-state index contributed by atoms with van der Waals surface area (Å²) in [4.78, 5) is 15.5. The Labute approximate surface area is 123 Å². The van der Waals surface area contributed by atoms with E-state index in [0.29, 0.717) is 6.42 Å². The van der Waals surface area contributed by atoms with Crippen LogP contribution < -0.4 is 10.2 Å². The van der Waals surface area contributed by atoms with Crippen LogP contribution >= 0.6 is 11.3 Å². The predicted octanol–water partition coefficient (Wildman–Crippen LogP) is 3.53. The number of anilines is 2. The van der Waals surface area contributed by atoms with Gasteiger partial charge in [0.2, 0.25) is 5.91 Å². The number of rotatable bonds is 4. The SMILES string of the molecule is O=C(Cc1cccs1)Nc1cccc(N2CCCC2)c1. The van der Waals surface area contributed by atoms with Crippen molar-refractivity contribution >= 4 is 28.6 Å². The lowest BCUT2D eigenvalue weighted by atomic mass is 10.2. The highest BCUT2D eigenvalue weighted by atomic mass is 32.1. The van der Waals surface area contributed by atoms with Crippen LogP contribution in [0.4, 0.5) is 11.4 Å². The van der Waals surface area contributed by atoms with E-state index in [1.165, 1.54) is 18.5 Å². The quantitative estimate of drug-likeness (QED) is 0.932. The zero-order chi connectivity index (χ0) is 13.8. The zero-order valence-electron chi connectivity index (χ0n) is 11.3. The number of benzene rings is 1. The van der Waals surface area contributed by atoms with Crippen molar-refractivity contribution in [3.05, 3.63) is 46.7 Å². The minimum Gasteiger partial charge on any atom is -0.371 e. The third-order valence-corrected chi connectivity index (χ3v) is 4.39. The number of carbonyl (C=O) groups is 1. The van der Waals surface area contributed by atoms with Gasteiger partial charge in [-0.15, -0.1) is 11.3 Å². The molecule has 2 heterocycles. The largest absolute Gasteiger partial charge is 0.371 e. The molecule has 1 N–H and O–H groups in total. The highest BCUT2D eigenvalue weighted by Crippen LogP contribution is 2.23. The highest BCUT2D eigenvalue weighted by Gasteiger charge is 2.13. The normalized spacial score (nSPS) is 14.5. The Morgan fingerprint density at radius 2 is 2.05 bits per heavy atom. The Hall–Kier alpha value is -1.81. The summed E-state index contributed by atoms with van der Waals surface area (Å²) in [5.74, 6) is 0.0472. The van der Waals surface area contributed by atoms with E-state index in [4.69, 9.17) is 0 Å². The number of amides is 1. The molecule has 1 aliphatic heterocycles. The van der Waals surface area contributed by atoms with Crippen molar-refractivity contribution in [3.8, 4) is 0 Å². The van der Waals surface area contributed by atoms with Crippen LogP contribution in [0.2, 0.25) is 0 Å². The van der Waals surface area contributed by atoms with Crippen molar-refractivity contribution < 1.29 is 4.79 Å². The van der Waals surface area contributed by atoms with Gasteiger partial charge < -0.3 is 10.2 Å². The molecule has 4 heteroatoms. The van der Waals surface area contributed by atoms with Crippen LogP contribution in [-0.2, 0) is 11.2 Å². The van der Waals surface area contributed by atoms with Gasteiger partial charge in [0.25, 0.3) is 0 Å². The molecular weight excluding hydrogens is 268 g/mol. The smallest absolute Gasteiger partial charge is 0.229 e. The van der Waals surface area contributed by atoms with Crippen LogP contribution in [0.5, 0.6) is 0 Å². The fourth-order valence-corrected chi connectivity index (χ4v) is 3.24. The molecule has 20 heavy (non-hydrogen) atoms. The lowest BCUT2D eigenvalue weighted by Crippen LogP contribution is -2.18. The molecule has 104 valence electrons. The highest BCUT2D eigenvalue weighted by molar-refractivity contribution is 7.10. The van der Waals surface area contributed by atoms with Crippen LogP contribution in [-0.4, -0.2) is 19.0 Å². The molecule has 0 atom stereocenters. The van der Waals surface area contributed by atoms with Crippen LogP contribution in [0, 0.1) is 0 Å². The summed E-state index contributed by atoms with van der Waals surface area (Å²) >= 11 is 1.62. The molecule has 1 aromatic carbocycles. The van der Waals surface area contributed by atoms with E-state index in [2.05, 4.69) is 22.3 Å². The molecule has 0 radical (unpaired) electrons. The molecule has 1 aliphatic rings.